The van der Waals surface area contributed by atoms with Crippen LogP contribution in [-0.4, -0.2) is 0 Å². The maximum atomic E-state index is 6.77. The summed E-state index contributed by atoms with van der Waals surface area (Å²) in [6.45, 7) is 6.69. The van der Waals surface area contributed by atoms with Crippen LogP contribution in [-0.2, 0) is 10.8 Å². The van der Waals surface area contributed by atoms with E-state index in [-0.39, 0.29) is 0 Å². The topological polar surface area (TPSA) is 9.23 Å². The second kappa shape index (κ2) is 11.3. The Kier molecular flexibility index (Phi) is 6.33. The molecule has 0 radical (unpaired) electrons. The Hall–Kier alpha value is -6.96. The van der Waals surface area contributed by atoms with Crippen molar-refractivity contribution in [1.29, 1.82) is 0 Å². The Bertz CT molecular complexity index is 3120. The molecule has 1 heteroatoms. The molecule has 0 aromatic heterocycles. The average molecular weight is 713 g/mol. The van der Waals surface area contributed by atoms with Gasteiger partial charge in [0.15, 0.2) is 0 Å². The smallest absolute Gasteiger partial charge is 0.132 e. The zero-order chi connectivity index (χ0) is 37.2. The Morgan fingerprint density at radius 3 is 1.57 bits per heavy atom. The van der Waals surface area contributed by atoms with E-state index in [1.807, 2.05) is 0 Å². The van der Waals surface area contributed by atoms with Gasteiger partial charge in [-0.2, -0.15) is 0 Å². The van der Waals surface area contributed by atoms with Gasteiger partial charge in [0, 0.05) is 11.1 Å². The monoisotopic (exact) mass is 712 g/mol. The minimum absolute atomic E-state index is 0.442. The van der Waals surface area contributed by atoms with Gasteiger partial charge in [0.25, 0.3) is 0 Å². The van der Waals surface area contributed by atoms with Crippen LogP contribution in [0.4, 0.5) is 0 Å². The Morgan fingerprint density at radius 1 is 0.411 bits per heavy atom. The van der Waals surface area contributed by atoms with Gasteiger partial charge in [-0.05, 0) is 120 Å². The maximum Gasteiger partial charge on any atom is 0.132 e. The maximum absolute atomic E-state index is 6.77. The summed E-state index contributed by atoms with van der Waals surface area (Å²) in [7, 11) is 0. The van der Waals surface area contributed by atoms with Crippen molar-refractivity contribution in [3.63, 3.8) is 0 Å². The number of allylic oxidation sites excluding steroid dienone is 2. The highest BCUT2D eigenvalue weighted by Crippen LogP contribution is 2.65. The number of para-hydroxylation sites is 1. The number of rotatable bonds is 1. The summed E-state index contributed by atoms with van der Waals surface area (Å²) in [6.07, 6.45) is 2.35. The standard InChI is InChI=1S/C55H36O/c1-3-43-53(37-17-5-4-16-34(37)2)41-21-9-13-25-47(41)54(43)46-24-12-8-20-40(46)42-32-35(28-30-48(42)54)36-29-31-52-50(33-36)55(49-26-14-15-27-51(49)56-52)44-22-10-6-18-38(44)39-19-7-11-23-45(39)55/h3-33H,2H2,1H3/b43-3+,53-37?. The normalized spacial score (nSPS) is 18.8. The van der Waals surface area contributed by atoms with Crippen LogP contribution in [0, 0.1) is 0 Å². The second-order valence-corrected chi connectivity index (χ2v) is 15.5. The van der Waals surface area contributed by atoms with Crippen LogP contribution in [0.15, 0.2) is 194 Å². The van der Waals surface area contributed by atoms with Crippen molar-refractivity contribution in [2.24, 2.45) is 0 Å². The third-order valence-corrected chi connectivity index (χ3v) is 13.1. The number of ether oxygens (including phenoxy) is 1. The lowest BCUT2D eigenvalue weighted by atomic mass is 9.65. The molecule has 1 nitrogen and oxygen atoms in total. The number of hydrogen-bond acceptors (Lipinski definition) is 1. The zero-order valence-corrected chi connectivity index (χ0v) is 31.0. The second-order valence-electron chi connectivity index (χ2n) is 15.5. The largest absolute Gasteiger partial charge is 0.457 e. The van der Waals surface area contributed by atoms with Gasteiger partial charge >= 0.3 is 0 Å². The molecule has 0 bridgehead atoms. The van der Waals surface area contributed by atoms with Gasteiger partial charge in [0.2, 0.25) is 0 Å². The van der Waals surface area contributed by atoms with E-state index in [4.69, 9.17) is 4.74 Å². The molecule has 0 fully saturated rings. The van der Waals surface area contributed by atoms with Crippen LogP contribution in [0.5, 0.6) is 11.5 Å². The van der Waals surface area contributed by atoms with Crippen molar-refractivity contribution in [1.82, 2.24) is 0 Å². The molecule has 12 rings (SSSR count). The molecule has 1 heterocycles. The predicted molar refractivity (Wildman–Crippen MR) is 228 cm³/mol. The molecule has 262 valence electrons. The minimum Gasteiger partial charge on any atom is -0.457 e. The predicted octanol–water partition coefficient (Wildman–Crippen LogP) is 11.7. The summed E-state index contributed by atoms with van der Waals surface area (Å²) in [5, 5.41) is 2.23. The molecule has 1 unspecified atom stereocenters. The van der Waals surface area contributed by atoms with Crippen LogP contribution in [0.2, 0.25) is 0 Å². The van der Waals surface area contributed by atoms with Crippen molar-refractivity contribution in [2.75, 3.05) is 0 Å². The van der Waals surface area contributed by atoms with Gasteiger partial charge in [-0.3, -0.25) is 0 Å². The van der Waals surface area contributed by atoms with Gasteiger partial charge in [0.05, 0.1) is 10.8 Å². The van der Waals surface area contributed by atoms with Crippen LogP contribution < -0.4 is 15.2 Å². The van der Waals surface area contributed by atoms with E-state index in [2.05, 4.69) is 202 Å². The molecule has 0 amide bonds. The first-order valence-corrected chi connectivity index (χ1v) is 19.6. The van der Waals surface area contributed by atoms with Gasteiger partial charge < -0.3 is 4.74 Å². The summed E-state index contributed by atoms with van der Waals surface area (Å²) >= 11 is 0. The van der Waals surface area contributed by atoms with Gasteiger partial charge in [-0.1, -0.05) is 170 Å². The van der Waals surface area contributed by atoms with Crippen LogP contribution in [0.1, 0.15) is 51.4 Å². The molecule has 8 aromatic carbocycles. The molecule has 2 spiro atoms. The Balaban J connectivity index is 1.11. The molecule has 4 aliphatic rings. The molecule has 1 atom stereocenters. The van der Waals surface area contributed by atoms with Crippen LogP contribution in [0.3, 0.4) is 0 Å². The highest BCUT2D eigenvalue weighted by molar-refractivity contribution is 6.00. The molecule has 56 heavy (non-hydrogen) atoms. The lowest BCUT2D eigenvalue weighted by Gasteiger charge is -2.39. The summed E-state index contributed by atoms with van der Waals surface area (Å²) in [5.74, 6) is 1.81. The van der Waals surface area contributed by atoms with E-state index in [9.17, 15) is 0 Å². The first kappa shape index (κ1) is 31.4. The fraction of sp³-hybridized carbons (Fsp3) is 0.0545. The lowest BCUT2D eigenvalue weighted by molar-refractivity contribution is 0.436. The first-order valence-electron chi connectivity index (χ1n) is 19.6. The first-order chi connectivity index (χ1) is 27.7. The molecule has 0 saturated heterocycles. The van der Waals surface area contributed by atoms with E-state index in [0.29, 0.717) is 0 Å². The van der Waals surface area contributed by atoms with Crippen molar-refractivity contribution in [3.05, 3.63) is 249 Å². The van der Waals surface area contributed by atoms with E-state index in [1.165, 1.54) is 94.3 Å². The lowest BCUT2D eigenvalue weighted by Crippen LogP contribution is -2.32. The fourth-order valence-corrected chi connectivity index (χ4v) is 11.0. The SMILES string of the molecule is C=c1ccccc1=C1/C(=C\C)C2(c3ccccc31)c1ccccc1-c1cc(-c3ccc4c(c3)C3(c5ccccc5O4)c4ccccc4-c4ccccc43)ccc12. The van der Waals surface area contributed by atoms with Crippen molar-refractivity contribution in [2.45, 2.75) is 17.8 Å². The molecular formula is C55H36O. The van der Waals surface area contributed by atoms with Gasteiger partial charge in [-0.15, -0.1) is 0 Å². The summed E-state index contributed by atoms with van der Waals surface area (Å²) in [6, 6.07) is 67.1. The average Bonchev–Trinajstić information content (AvgIpc) is 3.84. The summed E-state index contributed by atoms with van der Waals surface area (Å²) in [5.41, 5.74) is 19.4. The zero-order valence-electron chi connectivity index (χ0n) is 31.0. The Labute approximate surface area is 326 Å². The molecule has 0 N–H and O–H groups in total. The summed E-state index contributed by atoms with van der Waals surface area (Å²) in [4.78, 5) is 0. The third-order valence-electron chi connectivity index (χ3n) is 13.1. The van der Waals surface area contributed by atoms with E-state index >= 15 is 0 Å². The molecular weight excluding hydrogens is 677 g/mol. The van der Waals surface area contributed by atoms with E-state index in [0.717, 1.165) is 16.7 Å². The fourth-order valence-electron chi connectivity index (χ4n) is 11.0. The van der Waals surface area contributed by atoms with Crippen molar-refractivity contribution in [3.8, 4) is 44.9 Å². The van der Waals surface area contributed by atoms with Crippen LogP contribution in [0.25, 0.3) is 45.5 Å². The quantitative estimate of drug-likeness (QED) is 0.165. The van der Waals surface area contributed by atoms with Crippen LogP contribution >= 0.6 is 0 Å². The third kappa shape index (κ3) is 3.75. The molecule has 8 aromatic rings. The minimum atomic E-state index is -0.508. The van der Waals surface area contributed by atoms with Crippen molar-refractivity contribution >= 4 is 12.2 Å². The summed E-state index contributed by atoms with van der Waals surface area (Å²) < 4.78 is 6.77. The molecule has 1 aliphatic heterocycles. The van der Waals surface area contributed by atoms with Crippen molar-refractivity contribution < 1.29 is 4.74 Å². The van der Waals surface area contributed by atoms with Gasteiger partial charge in [-0.25, -0.2) is 0 Å². The number of fused-ring (bicyclic) bond motifs is 16. The highest BCUT2D eigenvalue weighted by Gasteiger charge is 2.54. The molecule has 0 saturated carbocycles. The highest BCUT2D eigenvalue weighted by atomic mass is 16.5. The molecule has 3 aliphatic carbocycles. The number of benzene rings is 8. The van der Waals surface area contributed by atoms with E-state index < -0.39 is 10.8 Å². The van der Waals surface area contributed by atoms with Gasteiger partial charge in [0.1, 0.15) is 11.5 Å². The number of hydrogen-bond donors (Lipinski definition) is 0. The Morgan fingerprint density at radius 2 is 0.893 bits per heavy atom. The van der Waals surface area contributed by atoms with E-state index in [1.54, 1.807) is 0 Å².